The lowest BCUT2D eigenvalue weighted by molar-refractivity contribution is 0.473. The standard InChI is InChI=1S/C20H13ClN4O3S/c1-10-22-19-12-4-2-3-5-15(12)23-20(25(19)24-10)29-9-11-6-18(27)28-17-8-16(26)14(21)7-13(11)17/h2-8,26H,9H2,1H3. The summed E-state index contributed by atoms with van der Waals surface area (Å²) in [6.45, 7) is 1.83. The molecule has 9 heteroatoms. The number of nitrogens with zero attached hydrogens (tertiary/aromatic N) is 4. The number of phenols is 1. The fourth-order valence-electron chi connectivity index (χ4n) is 3.22. The Labute approximate surface area is 173 Å². The van der Waals surface area contributed by atoms with Crippen molar-refractivity contribution in [3.05, 3.63) is 69.3 Å². The van der Waals surface area contributed by atoms with E-state index in [0.717, 1.165) is 22.1 Å². The predicted octanol–water partition coefficient (Wildman–Crippen LogP) is 4.34. The molecular weight excluding hydrogens is 412 g/mol. The molecule has 3 heterocycles. The Balaban J connectivity index is 1.62. The van der Waals surface area contributed by atoms with Gasteiger partial charge in [0.1, 0.15) is 17.2 Å². The largest absolute Gasteiger partial charge is 0.506 e. The number of rotatable bonds is 3. The van der Waals surface area contributed by atoms with Crippen molar-refractivity contribution in [2.45, 2.75) is 17.8 Å². The van der Waals surface area contributed by atoms with Crippen LogP contribution in [0.25, 0.3) is 27.5 Å². The number of halogens is 1. The number of para-hydroxylation sites is 1. The van der Waals surface area contributed by atoms with Crippen molar-refractivity contribution >= 4 is 50.9 Å². The molecule has 1 N–H and O–H groups in total. The predicted molar refractivity (Wildman–Crippen MR) is 112 cm³/mol. The first-order valence-electron chi connectivity index (χ1n) is 8.70. The van der Waals surface area contributed by atoms with E-state index in [-0.39, 0.29) is 16.4 Å². The average molecular weight is 425 g/mol. The van der Waals surface area contributed by atoms with Crippen LogP contribution in [0, 0.1) is 6.92 Å². The lowest BCUT2D eigenvalue weighted by Crippen LogP contribution is -2.02. The highest BCUT2D eigenvalue weighted by Gasteiger charge is 2.15. The first kappa shape index (κ1) is 18.0. The molecule has 0 unspecified atom stereocenters. The summed E-state index contributed by atoms with van der Waals surface area (Å²) in [4.78, 5) is 21.2. The third-order valence-corrected chi connectivity index (χ3v) is 5.79. The van der Waals surface area contributed by atoms with Gasteiger partial charge in [-0.1, -0.05) is 35.5 Å². The van der Waals surface area contributed by atoms with Gasteiger partial charge in [0.15, 0.2) is 10.8 Å². The zero-order valence-electron chi connectivity index (χ0n) is 15.1. The number of phenolic OH excluding ortho intramolecular Hbond substituents is 1. The van der Waals surface area contributed by atoms with Crippen LogP contribution < -0.4 is 5.63 Å². The molecule has 0 bridgehead atoms. The summed E-state index contributed by atoms with van der Waals surface area (Å²) < 4.78 is 6.91. The highest BCUT2D eigenvalue weighted by atomic mass is 35.5. The van der Waals surface area contributed by atoms with Gasteiger partial charge < -0.3 is 9.52 Å². The van der Waals surface area contributed by atoms with E-state index >= 15 is 0 Å². The normalized spacial score (nSPS) is 11.7. The average Bonchev–Trinajstić information content (AvgIpc) is 3.09. The SMILES string of the molecule is Cc1nc2c3ccccc3nc(SCc3cc(=O)oc4cc(O)c(Cl)cc34)n2n1. The molecule has 2 aromatic carbocycles. The molecule has 29 heavy (non-hydrogen) atoms. The number of aryl methyl sites for hydroxylation is 1. The minimum absolute atomic E-state index is 0.136. The Bertz CT molecular complexity index is 1480. The second-order valence-corrected chi connectivity index (χ2v) is 7.83. The second-order valence-electron chi connectivity index (χ2n) is 6.49. The van der Waals surface area contributed by atoms with E-state index < -0.39 is 5.63 Å². The van der Waals surface area contributed by atoms with Gasteiger partial charge in [-0.15, -0.1) is 5.10 Å². The van der Waals surface area contributed by atoms with E-state index in [2.05, 4.69) is 10.1 Å². The summed E-state index contributed by atoms with van der Waals surface area (Å²) in [7, 11) is 0. The van der Waals surface area contributed by atoms with Crippen molar-refractivity contribution in [3.63, 3.8) is 0 Å². The van der Waals surface area contributed by atoms with Crippen LogP contribution in [-0.2, 0) is 5.75 Å². The van der Waals surface area contributed by atoms with Crippen molar-refractivity contribution in [1.29, 1.82) is 0 Å². The van der Waals surface area contributed by atoms with E-state index in [4.69, 9.17) is 21.0 Å². The van der Waals surface area contributed by atoms with Crippen molar-refractivity contribution in [3.8, 4) is 5.75 Å². The number of hydrogen-bond acceptors (Lipinski definition) is 7. The van der Waals surface area contributed by atoms with Gasteiger partial charge in [-0.3, -0.25) is 0 Å². The molecule has 0 saturated carbocycles. The first-order valence-corrected chi connectivity index (χ1v) is 10.1. The number of aromatic nitrogens is 4. The summed E-state index contributed by atoms with van der Waals surface area (Å²) >= 11 is 7.48. The molecule has 0 radical (unpaired) electrons. The zero-order chi connectivity index (χ0) is 20.1. The molecule has 0 fully saturated rings. The molecule has 0 atom stereocenters. The topological polar surface area (TPSA) is 93.5 Å². The van der Waals surface area contributed by atoms with Crippen LogP contribution in [0.4, 0.5) is 0 Å². The van der Waals surface area contributed by atoms with Crippen LogP contribution in [0.5, 0.6) is 5.75 Å². The van der Waals surface area contributed by atoms with Gasteiger partial charge in [0.05, 0.1) is 10.5 Å². The molecular formula is C20H13ClN4O3S. The highest BCUT2D eigenvalue weighted by Crippen LogP contribution is 2.33. The quantitative estimate of drug-likeness (QED) is 0.261. The Morgan fingerprint density at radius 2 is 2.00 bits per heavy atom. The fourth-order valence-corrected chi connectivity index (χ4v) is 4.32. The molecule has 5 rings (SSSR count). The summed E-state index contributed by atoms with van der Waals surface area (Å²) in [5.74, 6) is 0.948. The molecule has 3 aromatic heterocycles. The molecule has 0 aliphatic heterocycles. The minimum Gasteiger partial charge on any atom is -0.506 e. The van der Waals surface area contributed by atoms with Gasteiger partial charge in [-0.25, -0.2) is 14.8 Å². The zero-order valence-corrected chi connectivity index (χ0v) is 16.7. The molecule has 0 amide bonds. The van der Waals surface area contributed by atoms with E-state index in [1.165, 1.54) is 23.9 Å². The van der Waals surface area contributed by atoms with Gasteiger partial charge in [0.25, 0.3) is 0 Å². The monoisotopic (exact) mass is 424 g/mol. The van der Waals surface area contributed by atoms with Gasteiger partial charge in [-0.05, 0) is 30.7 Å². The molecule has 144 valence electrons. The van der Waals surface area contributed by atoms with Gasteiger partial charge in [0.2, 0.25) is 0 Å². The van der Waals surface area contributed by atoms with Gasteiger partial charge in [-0.2, -0.15) is 4.52 Å². The Morgan fingerprint density at radius 3 is 2.86 bits per heavy atom. The van der Waals surface area contributed by atoms with Crippen LogP contribution in [-0.4, -0.2) is 24.7 Å². The van der Waals surface area contributed by atoms with Crippen molar-refractivity contribution < 1.29 is 9.52 Å². The van der Waals surface area contributed by atoms with E-state index in [9.17, 15) is 9.90 Å². The molecule has 0 aliphatic carbocycles. The lowest BCUT2D eigenvalue weighted by Gasteiger charge is -2.08. The van der Waals surface area contributed by atoms with E-state index in [1.54, 1.807) is 10.6 Å². The third kappa shape index (κ3) is 3.10. The number of fused-ring (bicyclic) bond motifs is 4. The maximum Gasteiger partial charge on any atom is 0.336 e. The van der Waals surface area contributed by atoms with Crippen molar-refractivity contribution in [2.75, 3.05) is 0 Å². The molecule has 0 spiro atoms. The maximum absolute atomic E-state index is 12.0. The van der Waals surface area contributed by atoms with Gasteiger partial charge >= 0.3 is 5.63 Å². The fraction of sp³-hybridized carbons (Fsp3) is 0.100. The molecule has 0 saturated heterocycles. The lowest BCUT2D eigenvalue weighted by atomic mass is 10.1. The summed E-state index contributed by atoms with van der Waals surface area (Å²) in [6.07, 6.45) is 0. The summed E-state index contributed by atoms with van der Waals surface area (Å²) in [5.41, 5.74) is 2.07. The molecule has 7 nitrogen and oxygen atoms in total. The molecule has 0 aliphatic rings. The third-order valence-electron chi connectivity index (χ3n) is 4.51. The van der Waals surface area contributed by atoms with Crippen LogP contribution >= 0.6 is 23.4 Å². The van der Waals surface area contributed by atoms with Crippen molar-refractivity contribution in [2.24, 2.45) is 0 Å². The number of thioether (sulfide) groups is 1. The maximum atomic E-state index is 12.0. The second kappa shape index (κ2) is 6.75. The van der Waals surface area contributed by atoms with Crippen LogP contribution in [0.1, 0.15) is 11.4 Å². The smallest absolute Gasteiger partial charge is 0.336 e. The molecule has 5 aromatic rings. The van der Waals surface area contributed by atoms with Crippen LogP contribution in [0.3, 0.4) is 0 Å². The minimum atomic E-state index is -0.497. The van der Waals surface area contributed by atoms with Crippen molar-refractivity contribution in [1.82, 2.24) is 19.6 Å². The highest BCUT2D eigenvalue weighted by molar-refractivity contribution is 7.98. The van der Waals surface area contributed by atoms with E-state index in [0.29, 0.717) is 22.1 Å². The van der Waals surface area contributed by atoms with Gasteiger partial charge in [0, 0.05) is 28.7 Å². The Kier molecular flexibility index (Phi) is 4.18. The number of hydrogen-bond donors (Lipinski definition) is 1. The Hall–Kier alpha value is -3.10. The Morgan fingerprint density at radius 1 is 1.17 bits per heavy atom. The first-order chi connectivity index (χ1) is 14.0. The summed E-state index contributed by atoms with van der Waals surface area (Å²) in [5, 5.41) is 16.7. The van der Waals surface area contributed by atoms with Crippen LogP contribution in [0.2, 0.25) is 5.02 Å². The number of benzene rings is 2. The van der Waals surface area contributed by atoms with E-state index in [1.807, 2.05) is 31.2 Å². The number of aromatic hydroxyl groups is 1. The summed E-state index contributed by atoms with van der Waals surface area (Å²) in [6, 6.07) is 12.1. The van der Waals surface area contributed by atoms with Crippen LogP contribution in [0.15, 0.2) is 56.8 Å².